The minimum Gasteiger partial charge on any atom is -0.338 e. The van der Waals surface area contributed by atoms with Gasteiger partial charge >= 0.3 is 0 Å². The summed E-state index contributed by atoms with van der Waals surface area (Å²) in [5.74, 6) is 0.152. The second-order valence-corrected chi connectivity index (χ2v) is 5.69. The second-order valence-electron chi connectivity index (χ2n) is 4.78. The van der Waals surface area contributed by atoms with Crippen LogP contribution in [0.15, 0.2) is 29.6 Å². The Morgan fingerprint density at radius 1 is 1.28 bits per heavy atom. The number of amides is 1. The Balaban J connectivity index is 1.88. The van der Waals surface area contributed by atoms with Gasteiger partial charge in [0.25, 0.3) is 5.91 Å². The summed E-state index contributed by atoms with van der Waals surface area (Å²) in [6.07, 6.45) is 1.82. The van der Waals surface area contributed by atoms with Crippen molar-refractivity contribution in [1.82, 2.24) is 4.90 Å². The van der Waals surface area contributed by atoms with Crippen LogP contribution in [0.3, 0.4) is 0 Å². The van der Waals surface area contributed by atoms with Crippen LogP contribution in [-0.4, -0.2) is 29.9 Å². The fraction of sp³-hybridized carbons (Fsp3) is 0.357. The largest absolute Gasteiger partial charge is 0.338 e. The first-order valence-electron chi connectivity index (χ1n) is 6.27. The molecule has 1 aliphatic heterocycles. The van der Waals surface area contributed by atoms with Crippen LogP contribution in [0, 0.1) is 0 Å². The summed E-state index contributed by atoms with van der Waals surface area (Å²) in [6.45, 7) is 1.56. The number of hydrogen-bond acceptors (Lipinski definition) is 3. The first-order chi connectivity index (χ1) is 8.75. The molecule has 3 rings (SSSR count). The van der Waals surface area contributed by atoms with Gasteiger partial charge in [-0.15, -0.1) is 11.3 Å². The van der Waals surface area contributed by atoms with Crippen molar-refractivity contribution in [3.63, 3.8) is 0 Å². The molecular formula is C14H16N2OS. The van der Waals surface area contributed by atoms with Crippen LogP contribution in [0.5, 0.6) is 0 Å². The molecule has 0 atom stereocenters. The Labute approximate surface area is 110 Å². The standard InChI is InChI=1S/C14H16N2OS/c15-10-5-7-16(8-6-10)14(17)12-9-18-13-4-2-1-3-11(12)13/h1-4,9-10H,5-8,15H2. The molecule has 0 saturated carbocycles. The number of likely N-dealkylation sites (tertiary alicyclic amines) is 1. The number of carbonyl (C=O) groups is 1. The average molecular weight is 260 g/mol. The Morgan fingerprint density at radius 2 is 2.00 bits per heavy atom. The number of piperidine rings is 1. The van der Waals surface area contributed by atoms with Crippen LogP contribution in [-0.2, 0) is 0 Å². The summed E-state index contributed by atoms with van der Waals surface area (Å²) in [5.41, 5.74) is 6.71. The van der Waals surface area contributed by atoms with Crippen molar-refractivity contribution in [2.75, 3.05) is 13.1 Å². The zero-order chi connectivity index (χ0) is 12.5. The maximum atomic E-state index is 12.5. The van der Waals surface area contributed by atoms with E-state index < -0.39 is 0 Å². The topological polar surface area (TPSA) is 46.3 Å². The lowest BCUT2D eigenvalue weighted by Gasteiger charge is -2.30. The molecule has 0 bridgehead atoms. The molecule has 1 aromatic heterocycles. The Kier molecular flexibility index (Phi) is 3.06. The minimum atomic E-state index is 0.152. The molecule has 1 amide bonds. The van der Waals surface area contributed by atoms with Crippen molar-refractivity contribution in [2.45, 2.75) is 18.9 Å². The van der Waals surface area contributed by atoms with Crippen molar-refractivity contribution in [3.8, 4) is 0 Å². The first-order valence-corrected chi connectivity index (χ1v) is 7.15. The van der Waals surface area contributed by atoms with E-state index in [-0.39, 0.29) is 11.9 Å². The lowest BCUT2D eigenvalue weighted by Crippen LogP contribution is -2.42. The molecule has 1 saturated heterocycles. The predicted molar refractivity (Wildman–Crippen MR) is 74.9 cm³/mol. The van der Waals surface area contributed by atoms with Gasteiger partial charge in [0.1, 0.15) is 0 Å². The zero-order valence-corrected chi connectivity index (χ0v) is 11.0. The molecule has 1 aliphatic rings. The van der Waals surface area contributed by atoms with Crippen LogP contribution in [0.1, 0.15) is 23.2 Å². The molecule has 0 unspecified atom stereocenters. The maximum Gasteiger partial charge on any atom is 0.255 e. The maximum absolute atomic E-state index is 12.5. The highest BCUT2D eigenvalue weighted by Crippen LogP contribution is 2.27. The van der Waals surface area contributed by atoms with Crippen molar-refractivity contribution in [2.24, 2.45) is 5.73 Å². The Hall–Kier alpha value is -1.39. The highest BCUT2D eigenvalue weighted by atomic mass is 32.1. The fourth-order valence-electron chi connectivity index (χ4n) is 2.42. The highest BCUT2D eigenvalue weighted by Gasteiger charge is 2.23. The van der Waals surface area contributed by atoms with Crippen LogP contribution in [0.25, 0.3) is 10.1 Å². The summed E-state index contributed by atoms with van der Waals surface area (Å²) in [6, 6.07) is 8.33. The van der Waals surface area contributed by atoms with E-state index in [2.05, 4.69) is 6.07 Å². The van der Waals surface area contributed by atoms with Crippen molar-refractivity contribution in [1.29, 1.82) is 0 Å². The van der Waals surface area contributed by atoms with Gasteiger partial charge in [0, 0.05) is 34.6 Å². The molecule has 4 heteroatoms. The van der Waals surface area contributed by atoms with E-state index in [0.717, 1.165) is 36.9 Å². The second kappa shape index (κ2) is 4.71. The van der Waals surface area contributed by atoms with E-state index in [9.17, 15) is 4.79 Å². The van der Waals surface area contributed by atoms with Gasteiger partial charge in [-0.1, -0.05) is 18.2 Å². The molecular weight excluding hydrogens is 244 g/mol. The van der Waals surface area contributed by atoms with E-state index in [0.29, 0.717) is 0 Å². The molecule has 2 aromatic rings. The fourth-order valence-corrected chi connectivity index (χ4v) is 3.35. The van der Waals surface area contributed by atoms with Crippen LogP contribution in [0.4, 0.5) is 0 Å². The van der Waals surface area contributed by atoms with E-state index in [1.165, 1.54) is 4.70 Å². The van der Waals surface area contributed by atoms with Gasteiger partial charge in [0.15, 0.2) is 0 Å². The number of carbonyl (C=O) groups excluding carboxylic acids is 1. The summed E-state index contributed by atoms with van der Waals surface area (Å²) in [5, 5.41) is 3.05. The van der Waals surface area contributed by atoms with Crippen LogP contribution < -0.4 is 5.73 Å². The predicted octanol–water partition coefficient (Wildman–Crippen LogP) is 2.46. The number of benzene rings is 1. The molecule has 0 aliphatic carbocycles. The summed E-state index contributed by atoms with van der Waals surface area (Å²) < 4.78 is 1.18. The number of thiophene rings is 1. The molecule has 2 N–H and O–H groups in total. The smallest absolute Gasteiger partial charge is 0.255 e. The molecule has 2 heterocycles. The average Bonchev–Trinajstić information content (AvgIpc) is 2.82. The van der Waals surface area contributed by atoms with Crippen LogP contribution in [0.2, 0.25) is 0 Å². The molecule has 18 heavy (non-hydrogen) atoms. The lowest BCUT2D eigenvalue weighted by atomic mass is 10.0. The van der Waals surface area contributed by atoms with Gasteiger partial charge in [-0.3, -0.25) is 4.79 Å². The van der Waals surface area contributed by atoms with Crippen LogP contribution >= 0.6 is 11.3 Å². The van der Waals surface area contributed by atoms with Gasteiger partial charge in [-0.25, -0.2) is 0 Å². The quantitative estimate of drug-likeness (QED) is 0.856. The van der Waals surface area contributed by atoms with Crippen molar-refractivity contribution >= 4 is 27.3 Å². The molecule has 3 nitrogen and oxygen atoms in total. The lowest BCUT2D eigenvalue weighted by molar-refractivity contribution is 0.0717. The first kappa shape index (κ1) is 11.7. The van der Waals surface area contributed by atoms with Gasteiger partial charge in [-0.05, 0) is 18.9 Å². The third-order valence-electron chi connectivity index (χ3n) is 3.54. The number of rotatable bonds is 1. The van der Waals surface area contributed by atoms with Gasteiger partial charge in [0.2, 0.25) is 0 Å². The summed E-state index contributed by atoms with van der Waals surface area (Å²) >= 11 is 1.63. The van der Waals surface area contributed by atoms with E-state index in [1.807, 2.05) is 28.5 Å². The Morgan fingerprint density at radius 3 is 2.78 bits per heavy atom. The highest BCUT2D eigenvalue weighted by molar-refractivity contribution is 7.17. The molecule has 0 radical (unpaired) electrons. The Bertz CT molecular complexity index is 570. The minimum absolute atomic E-state index is 0.152. The SMILES string of the molecule is NC1CCN(C(=O)c2csc3ccccc23)CC1. The number of nitrogens with two attached hydrogens (primary N) is 1. The number of hydrogen-bond donors (Lipinski definition) is 1. The monoisotopic (exact) mass is 260 g/mol. The normalized spacial score (nSPS) is 17.3. The number of fused-ring (bicyclic) bond motifs is 1. The third kappa shape index (κ3) is 2.02. The van der Waals surface area contributed by atoms with Gasteiger partial charge < -0.3 is 10.6 Å². The van der Waals surface area contributed by atoms with E-state index >= 15 is 0 Å². The zero-order valence-electron chi connectivity index (χ0n) is 10.1. The molecule has 94 valence electrons. The summed E-state index contributed by atoms with van der Waals surface area (Å²) in [4.78, 5) is 14.4. The third-order valence-corrected chi connectivity index (χ3v) is 4.50. The summed E-state index contributed by atoms with van der Waals surface area (Å²) in [7, 11) is 0. The van der Waals surface area contributed by atoms with E-state index in [1.54, 1.807) is 11.3 Å². The van der Waals surface area contributed by atoms with Crippen molar-refractivity contribution in [3.05, 3.63) is 35.2 Å². The molecule has 0 spiro atoms. The van der Waals surface area contributed by atoms with E-state index in [4.69, 9.17) is 5.73 Å². The van der Waals surface area contributed by atoms with Crippen molar-refractivity contribution < 1.29 is 4.79 Å². The number of nitrogens with zero attached hydrogens (tertiary/aromatic N) is 1. The van der Waals surface area contributed by atoms with Gasteiger partial charge in [0.05, 0.1) is 5.56 Å². The molecule has 1 fully saturated rings. The van der Waals surface area contributed by atoms with Gasteiger partial charge in [-0.2, -0.15) is 0 Å². The molecule has 1 aromatic carbocycles.